The fraction of sp³-hybridized carbons (Fsp3) is 0.385. The Morgan fingerprint density at radius 2 is 2.26 bits per heavy atom. The van der Waals surface area contributed by atoms with Gasteiger partial charge in [0.15, 0.2) is 0 Å². The Morgan fingerprint density at radius 1 is 1.47 bits per heavy atom. The molecular weight excluding hydrogens is 266 g/mol. The summed E-state index contributed by atoms with van der Waals surface area (Å²) in [7, 11) is 1.63. The third-order valence-electron chi connectivity index (χ3n) is 2.81. The van der Waals surface area contributed by atoms with Crippen molar-refractivity contribution in [3.8, 4) is 11.5 Å². The van der Waals surface area contributed by atoms with Crippen LogP contribution in [0.2, 0.25) is 5.02 Å². The molecule has 0 radical (unpaired) electrons. The van der Waals surface area contributed by atoms with Crippen molar-refractivity contribution < 1.29 is 9.26 Å². The molecule has 1 aromatic heterocycles. The first-order chi connectivity index (χ1) is 9.15. The zero-order valence-corrected chi connectivity index (χ0v) is 11.6. The second kappa shape index (κ2) is 6.04. The number of anilines is 1. The van der Waals surface area contributed by atoms with E-state index in [-0.39, 0.29) is 6.10 Å². The van der Waals surface area contributed by atoms with Crippen molar-refractivity contribution in [2.24, 2.45) is 0 Å². The lowest BCUT2D eigenvalue weighted by atomic mass is 10.2. The van der Waals surface area contributed by atoms with Gasteiger partial charge >= 0.3 is 0 Å². The number of aromatic nitrogens is 2. The maximum Gasteiger partial charge on any atom is 0.260 e. The molecule has 0 amide bonds. The summed E-state index contributed by atoms with van der Waals surface area (Å²) in [6.07, 6.45) is 1.66. The van der Waals surface area contributed by atoms with Crippen LogP contribution in [0, 0.1) is 0 Å². The van der Waals surface area contributed by atoms with E-state index in [2.05, 4.69) is 17.1 Å². The normalized spacial score (nSPS) is 12.6. The fourth-order valence-corrected chi connectivity index (χ4v) is 2.00. The Kier molecular flexibility index (Phi) is 4.39. The third kappa shape index (κ3) is 3.05. The molecule has 2 aromatic rings. The fourth-order valence-electron chi connectivity index (χ4n) is 1.82. The van der Waals surface area contributed by atoms with Gasteiger partial charge in [-0.3, -0.25) is 0 Å². The minimum Gasteiger partial charge on any atom is -0.398 e. The molecule has 0 aliphatic carbocycles. The number of nitrogens with zero attached hydrogens (tertiary/aromatic N) is 2. The standard InChI is InChI=1S/C13H16ClN3O2/c1-3-4-11(18-2)12-16-13(19-17-12)9-6-5-8(14)7-10(9)15/h5-7,11H,3-4,15H2,1-2H3. The van der Waals surface area contributed by atoms with E-state index in [9.17, 15) is 0 Å². The van der Waals surface area contributed by atoms with Gasteiger partial charge in [0.2, 0.25) is 5.82 Å². The summed E-state index contributed by atoms with van der Waals surface area (Å²) in [5.41, 5.74) is 7.07. The highest BCUT2D eigenvalue weighted by atomic mass is 35.5. The molecule has 1 heterocycles. The molecular formula is C13H16ClN3O2. The van der Waals surface area contributed by atoms with Gasteiger partial charge in [0.05, 0.1) is 5.56 Å². The lowest BCUT2D eigenvalue weighted by Gasteiger charge is -2.08. The smallest absolute Gasteiger partial charge is 0.260 e. The van der Waals surface area contributed by atoms with E-state index in [0.29, 0.717) is 28.0 Å². The zero-order chi connectivity index (χ0) is 13.8. The van der Waals surface area contributed by atoms with Crippen LogP contribution in [0.5, 0.6) is 0 Å². The van der Waals surface area contributed by atoms with Gasteiger partial charge in [0.25, 0.3) is 5.89 Å². The van der Waals surface area contributed by atoms with Crippen molar-refractivity contribution in [3.05, 3.63) is 29.0 Å². The molecule has 0 aliphatic rings. The molecule has 6 heteroatoms. The molecule has 0 bridgehead atoms. The van der Waals surface area contributed by atoms with Gasteiger partial charge in [-0.1, -0.05) is 30.1 Å². The van der Waals surface area contributed by atoms with Crippen LogP contribution < -0.4 is 5.73 Å². The van der Waals surface area contributed by atoms with E-state index < -0.39 is 0 Å². The van der Waals surface area contributed by atoms with Crippen LogP contribution >= 0.6 is 11.6 Å². The topological polar surface area (TPSA) is 74.2 Å². The highest BCUT2D eigenvalue weighted by Gasteiger charge is 2.18. The van der Waals surface area contributed by atoms with Crippen LogP contribution in [0.4, 0.5) is 5.69 Å². The van der Waals surface area contributed by atoms with Crippen molar-refractivity contribution >= 4 is 17.3 Å². The summed E-state index contributed by atoms with van der Waals surface area (Å²) in [5, 5.41) is 4.52. The van der Waals surface area contributed by atoms with Crippen LogP contribution in [0.3, 0.4) is 0 Å². The van der Waals surface area contributed by atoms with Gasteiger partial charge in [-0.2, -0.15) is 4.98 Å². The average Bonchev–Trinajstić information content (AvgIpc) is 2.85. The Bertz CT molecular complexity index is 557. The Labute approximate surface area is 116 Å². The molecule has 1 unspecified atom stereocenters. The van der Waals surface area contributed by atoms with Crippen molar-refractivity contribution in [1.29, 1.82) is 0 Å². The highest BCUT2D eigenvalue weighted by Crippen LogP contribution is 2.29. The largest absolute Gasteiger partial charge is 0.398 e. The zero-order valence-electron chi connectivity index (χ0n) is 10.9. The predicted molar refractivity (Wildman–Crippen MR) is 73.8 cm³/mol. The molecule has 0 saturated heterocycles. The van der Waals surface area contributed by atoms with Gasteiger partial charge in [-0.05, 0) is 24.6 Å². The Balaban J connectivity index is 2.29. The summed E-state index contributed by atoms with van der Waals surface area (Å²) in [4.78, 5) is 4.33. The first kappa shape index (κ1) is 13.8. The number of nitrogens with two attached hydrogens (primary N) is 1. The van der Waals surface area contributed by atoms with E-state index in [1.54, 1.807) is 25.3 Å². The van der Waals surface area contributed by atoms with Crippen LogP contribution in [0.1, 0.15) is 31.7 Å². The van der Waals surface area contributed by atoms with Crippen molar-refractivity contribution in [3.63, 3.8) is 0 Å². The molecule has 102 valence electrons. The lowest BCUT2D eigenvalue weighted by Crippen LogP contribution is -2.03. The van der Waals surface area contributed by atoms with Gasteiger partial charge in [-0.25, -0.2) is 0 Å². The molecule has 2 N–H and O–H groups in total. The van der Waals surface area contributed by atoms with Crippen molar-refractivity contribution in [2.75, 3.05) is 12.8 Å². The summed E-state index contributed by atoms with van der Waals surface area (Å²) in [6, 6.07) is 5.15. The van der Waals surface area contributed by atoms with Crippen LogP contribution in [0.15, 0.2) is 22.7 Å². The van der Waals surface area contributed by atoms with Gasteiger partial charge < -0.3 is 15.0 Å². The Morgan fingerprint density at radius 3 is 2.89 bits per heavy atom. The SMILES string of the molecule is CCCC(OC)c1noc(-c2ccc(Cl)cc2N)n1. The molecule has 0 fully saturated rings. The minimum absolute atomic E-state index is 0.156. The van der Waals surface area contributed by atoms with Crippen LogP contribution in [-0.4, -0.2) is 17.3 Å². The van der Waals surface area contributed by atoms with Crippen molar-refractivity contribution in [1.82, 2.24) is 10.1 Å². The first-order valence-electron chi connectivity index (χ1n) is 6.07. The molecule has 2 rings (SSSR count). The second-order valence-corrected chi connectivity index (χ2v) is 4.64. The number of hydrogen-bond acceptors (Lipinski definition) is 5. The number of halogens is 1. The maximum atomic E-state index is 5.89. The lowest BCUT2D eigenvalue weighted by molar-refractivity contribution is 0.0854. The van der Waals surface area contributed by atoms with E-state index in [1.807, 2.05) is 0 Å². The predicted octanol–water partition coefficient (Wildman–Crippen LogP) is 3.46. The van der Waals surface area contributed by atoms with E-state index >= 15 is 0 Å². The van der Waals surface area contributed by atoms with E-state index in [0.717, 1.165) is 12.8 Å². The summed E-state index contributed by atoms with van der Waals surface area (Å²) < 4.78 is 10.6. The summed E-state index contributed by atoms with van der Waals surface area (Å²) in [6.45, 7) is 2.07. The van der Waals surface area contributed by atoms with E-state index in [1.165, 1.54) is 0 Å². The van der Waals surface area contributed by atoms with Crippen molar-refractivity contribution in [2.45, 2.75) is 25.9 Å². The number of ether oxygens (including phenoxy) is 1. The number of methoxy groups -OCH3 is 1. The number of rotatable bonds is 5. The number of hydrogen-bond donors (Lipinski definition) is 1. The van der Waals surface area contributed by atoms with Crippen LogP contribution in [0.25, 0.3) is 11.5 Å². The average molecular weight is 282 g/mol. The first-order valence-corrected chi connectivity index (χ1v) is 6.45. The summed E-state index contributed by atoms with van der Waals surface area (Å²) >= 11 is 5.86. The molecule has 0 spiro atoms. The molecule has 0 aliphatic heterocycles. The number of nitrogen functional groups attached to an aromatic ring is 1. The molecule has 1 aromatic carbocycles. The van der Waals surface area contributed by atoms with E-state index in [4.69, 9.17) is 26.6 Å². The minimum atomic E-state index is -0.156. The van der Waals surface area contributed by atoms with Crippen LogP contribution in [-0.2, 0) is 4.74 Å². The third-order valence-corrected chi connectivity index (χ3v) is 3.04. The highest BCUT2D eigenvalue weighted by molar-refractivity contribution is 6.31. The molecule has 5 nitrogen and oxygen atoms in total. The van der Waals surface area contributed by atoms with Gasteiger partial charge in [0.1, 0.15) is 6.10 Å². The van der Waals surface area contributed by atoms with Gasteiger partial charge in [-0.15, -0.1) is 0 Å². The number of benzene rings is 1. The monoisotopic (exact) mass is 281 g/mol. The Hall–Kier alpha value is -1.59. The van der Waals surface area contributed by atoms with Gasteiger partial charge in [0, 0.05) is 17.8 Å². The molecule has 19 heavy (non-hydrogen) atoms. The second-order valence-electron chi connectivity index (χ2n) is 4.20. The molecule has 0 saturated carbocycles. The summed E-state index contributed by atoms with van der Waals surface area (Å²) in [5.74, 6) is 0.913. The molecule has 1 atom stereocenters. The maximum absolute atomic E-state index is 5.89. The quantitative estimate of drug-likeness (QED) is 0.850.